The molecule has 0 bridgehead atoms. The molecule has 4 atom stereocenters. The van der Waals surface area contributed by atoms with Gasteiger partial charge in [0.2, 0.25) is 5.91 Å². The molecule has 4 rings (SSSR count). The van der Waals surface area contributed by atoms with Gasteiger partial charge in [-0.15, -0.1) is 0 Å². The van der Waals surface area contributed by atoms with E-state index in [0.29, 0.717) is 0 Å². The van der Waals surface area contributed by atoms with Crippen LogP contribution in [0.25, 0.3) is 0 Å². The van der Waals surface area contributed by atoms with Crippen LogP contribution >= 0.6 is 23.2 Å². The van der Waals surface area contributed by atoms with Gasteiger partial charge in [0.05, 0.1) is 10.0 Å². The minimum absolute atomic E-state index is 0.0693. The molecule has 1 heterocycles. The first-order chi connectivity index (χ1) is 13.6. The minimum atomic E-state index is -1.31. The number of hydrogen-bond donors (Lipinski definition) is 3. The molecule has 4 N–H and O–H groups in total. The lowest BCUT2D eigenvalue weighted by Crippen LogP contribution is -2.69. The van der Waals surface area contributed by atoms with Gasteiger partial charge in [0.25, 0.3) is 5.91 Å². The molecule has 1 saturated heterocycles. The van der Waals surface area contributed by atoms with Gasteiger partial charge in [-0.05, 0) is 42.7 Å². The maximum atomic E-state index is 15.2. The third-order valence-electron chi connectivity index (χ3n) is 7.12. The van der Waals surface area contributed by atoms with Crippen molar-refractivity contribution in [3.05, 3.63) is 33.6 Å². The zero-order valence-corrected chi connectivity index (χ0v) is 17.4. The molecular weight excluding hydrogens is 420 g/mol. The molecule has 156 valence electrons. The molecule has 2 saturated carbocycles. The van der Waals surface area contributed by atoms with E-state index in [-0.39, 0.29) is 22.0 Å². The molecule has 3 fully saturated rings. The van der Waals surface area contributed by atoms with Gasteiger partial charge in [0.15, 0.2) is 0 Å². The summed E-state index contributed by atoms with van der Waals surface area (Å²) in [5, 5.41) is 5.21. The predicted molar refractivity (Wildman–Crippen MR) is 106 cm³/mol. The molecule has 1 aliphatic heterocycles. The van der Waals surface area contributed by atoms with Gasteiger partial charge in [-0.1, -0.05) is 43.0 Å². The fourth-order valence-electron chi connectivity index (χ4n) is 5.75. The molecule has 1 spiro atoms. The lowest BCUT2D eigenvalue weighted by atomic mass is 9.48. The normalized spacial score (nSPS) is 31.3. The van der Waals surface area contributed by atoms with Crippen LogP contribution in [0.15, 0.2) is 12.1 Å². The van der Waals surface area contributed by atoms with E-state index in [1.807, 2.05) is 6.92 Å². The Morgan fingerprint density at radius 2 is 1.93 bits per heavy atom. The first-order valence-corrected chi connectivity index (χ1v) is 10.4. The third kappa shape index (κ3) is 2.93. The summed E-state index contributed by atoms with van der Waals surface area (Å²) in [6, 6.07) is 1.99. The highest BCUT2D eigenvalue weighted by molar-refractivity contribution is 6.42. The van der Waals surface area contributed by atoms with Crippen LogP contribution in [0.4, 0.5) is 9.18 Å². The van der Waals surface area contributed by atoms with Crippen molar-refractivity contribution in [2.45, 2.75) is 50.5 Å². The number of carbonyl (C=O) groups is 3. The van der Waals surface area contributed by atoms with Crippen LogP contribution in [-0.4, -0.2) is 23.4 Å². The lowest BCUT2D eigenvalue weighted by Gasteiger charge is -2.56. The number of urea groups is 1. The first-order valence-electron chi connectivity index (χ1n) is 9.67. The molecule has 0 radical (unpaired) electrons. The quantitative estimate of drug-likeness (QED) is 0.492. The largest absolute Gasteiger partial charge is 0.369 e. The van der Waals surface area contributed by atoms with Crippen LogP contribution < -0.4 is 16.4 Å². The molecule has 6 nitrogen and oxygen atoms in total. The summed E-state index contributed by atoms with van der Waals surface area (Å²) < 4.78 is 15.2. The van der Waals surface area contributed by atoms with Crippen molar-refractivity contribution in [3.8, 4) is 0 Å². The Morgan fingerprint density at radius 3 is 2.48 bits per heavy atom. The smallest absolute Gasteiger partial charge is 0.322 e. The standard InChI is InChI=1S/C20H22Cl2FN3O3/c1-19(6-2-3-7-19)14(12-11(23)5-4-10(21)15(12)22)13-9(16(24)27)8-20(13)17(28)25-18(29)26-20/h4-5,9,13-14H,2-3,6-8H2,1H3,(H2,24,27)(H2,25,26,28,29)/t9?,13?,14-,20?/m0/s1. The SMILES string of the molecule is CC1([C@@H](c2c(F)ccc(Cl)c2Cl)C2C(C(N)=O)CC23NC(=O)NC3=O)CCCC1. The minimum Gasteiger partial charge on any atom is -0.369 e. The topological polar surface area (TPSA) is 101 Å². The molecule has 4 amide bonds. The van der Waals surface area contributed by atoms with Crippen molar-refractivity contribution in [1.29, 1.82) is 0 Å². The van der Waals surface area contributed by atoms with Crippen molar-refractivity contribution in [2.24, 2.45) is 23.0 Å². The van der Waals surface area contributed by atoms with E-state index >= 15 is 4.39 Å². The third-order valence-corrected chi connectivity index (χ3v) is 7.94. The number of amides is 4. The maximum absolute atomic E-state index is 15.2. The van der Waals surface area contributed by atoms with Gasteiger partial charge < -0.3 is 11.1 Å². The Bertz CT molecular complexity index is 918. The van der Waals surface area contributed by atoms with Gasteiger partial charge in [0.1, 0.15) is 11.4 Å². The molecular formula is C20H22Cl2FN3O3. The zero-order chi connectivity index (χ0) is 21.1. The molecule has 0 aromatic heterocycles. The number of hydrogen-bond acceptors (Lipinski definition) is 3. The van der Waals surface area contributed by atoms with Gasteiger partial charge in [-0.2, -0.15) is 0 Å². The Labute approximate surface area is 177 Å². The second-order valence-electron chi connectivity index (χ2n) is 8.71. The number of nitrogens with one attached hydrogen (secondary N) is 2. The van der Waals surface area contributed by atoms with Crippen LogP contribution in [0.2, 0.25) is 10.0 Å². The molecule has 2 aliphatic carbocycles. The van der Waals surface area contributed by atoms with Gasteiger partial charge in [-0.3, -0.25) is 14.9 Å². The van der Waals surface area contributed by atoms with Gasteiger partial charge in [0, 0.05) is 17.4 Å². The van der Waals surface area contributed by atoms with Crippen LogP contribution in [-0.2, 0) is 9.59 Å². The Morgan fingerprint density at radius 1 is 1.28 bits per heavy atom. The predicted octanol–water partition coefficient (Wildman–Crippen LogP) is 3.50. The molecule has 9 heteroatoms. The zero-order valence-electron chi connectivity index (χ0n) is 15.9. The monoisotopic (exact) mass is 441 g/mol. The van der Waals surface area contributed by atoms with Crippen molar-refractivity contribution in [2.75, 3.05) is 0 Å². The van der Waals surface area contributed by atoms with E-state index in [1.165, 1.54) is 12.1 Å². The average Bonchev–Trinajstić information content (AvgIpc) is 3.20. The summed E-state index contributed by atoms with van der Waals surface area (Å²) in [5.74, 6) is -3.69. The summed E-state index contributed by atoms with van der Waals surface area (Å²) in [6.07, 6.45) is 3.50. The summed E-state index contributed by atoms with van der Waals surface area (Å²) >= 11 is 12.7. The van der Waals surface area contributed by atoms with Gasteiger partial charge >= 0.3 is 6.03 Å². The van der Waals surface area contributed by atoms with Crippen LogP contribution in [0.5, 0.6) is 0 Å². The number of carbonyl (C=O) groups excluding carboxylic acids is 3. The first kappa shape index (κ1) is 20.4. The highest BCUT2D eigenvalue weighted by atomic mass is 35.5. The van der Waals surface area contributed by atoms with Crippen molar-refractivity contribution in [1.82, 2.24) is 10.6 Å². The number of imide groups is 1. The van der Waals surface area contributed by atoms with E-state index in [1.54, 1.807) is 0 Å². The average molecular weight is 442 g/mol. The van der Waals surface area contributed by atoms with Crippen LogP contribution in [0.3, 0.4) is 0 Å². The summed E-state index contributed by atoms with van der Waals surface area (Å²) in [7, 11) is 0. The van der Waals surface area contributed by atoms with Crippen LogP contribution in [0, 0.1) is 23.1 Å². The molecule has 1 aromatic rings. The van der Waals surface area contributed by atoms with Crippen LogP contribution in [0.1, 0.15) is 50.5 Å². The second kappa shape index (κ2) is 6.84. The van der Waals surface area contributed by atoms with E-state index in [9.17, 15) is 14.4 Å². The fourth-order valence-corrected chi connectivity index (χ4v) is 6.19. The molecule has 29 heavy (non-hydrogen) atoms. The molecule has 1 aromatic carbocycles. The van der Waals surface area contributed by atoms with E-state index in [4.69, 9.17) is 28.9 Å². The second-order valence-corrected chi connectivity index (χ2v) is 9.50. The number of benzene rings is 1. The molecule has 3 aliphatic rings. The highest BCUT2D eigenvalue weighted by Crippen LogP contribution is 2.63. The summed E-state index contributed by atoms with van der Waals surface area (Å²) in [6.45, 7) is 2.01. The Balaban J connectivity index is 1.93. The van der Waals surface area contributed by atoms with Crippen molar-refractivity contribution >= 4 is 41.0 Å². The maximum Gasteiger partial charge on any atom is 0.322 e. The van der Waals surface area contributed by atoms with Crippen molar-refractivity contribution in [3.63, 3.8) is 0 Å². The number of rotatable bonds is 4. The summed E-state index contributed by atoms with van der Waals surface area (Å²) in [4.78, 5) is 36.9. The lowest BCUT2D eigenvalue weighted by molar-refractivity contribution is -0.146. The Hall–Kier alpha value is -1.86. The number of primary amides is 1. The summed E-state index contributed by atoms with van der Waals surface area (Å²) in [5.41, 5.74) is 4.08. The van der Waals surface area contributed by atoms with Gasteiger partial charge in [-0.25, -0.2) is 9.18 Å². The Kier molecular flexibility index (Phi) is 4.82. The number of halogens is 3. The van der Waals surface area contributed by atoms with E-state index in [2.05, 4.69) is 10.6 Å². The molecule has 3 unspecified atom stereocenters. The van der Waals surface area contributed by atoms with E-state index in [0.717, 1.165) is 25.7 Å². The fraction of sp³-hybridized carbons (Fsp3) is 0.550. The van der Waals surface area contributed by atoms with Crippen molar-refractivity contribution < 1.29 is 18.8 Å². The van der Waals surface area contributed by atoms with E-state index < -0.39 is 52.4 Å². The number of nitrogens with two attached hydrogens (primary N) is 1. The highest BCUT2D eigenvalue weighted by Gasteiger charge is 2.69.